The minimum atomic E-state index is -3.47. The molecule has 36 heavy (non-hydrogen) atoms. The maximum absolute atomic E-state index is 13.3. The van der Waals surface area contributed by atoms with Crippen LogP contribution in [-0.4, -0.2) is 78.9 Å². The van der Waals surface area contributed by atoms with E-state index in [1.807, 2.05) is 31.3 Å². The van der Waals surface area contributed by atoms with Crippen molar-refractivity contribution in [3.05, 3.63) is 42.1 Å². The van der Waals surface area contributed by atoms with Gasteiger partial charge in [0, 0.05) is 51.0 Å². The summed E-state index contributed by atoms with van der Waals surface area (Å²) in [6.45, 7) is 7.13. The molecular formula is C27H40N6O2S. The zero-order valence-electron chi connectivity index (χ0n) is 21.5. The number of rotatable bonds is 6. The number of nitrogens with zero attached hydrogens (tertiary/aromatic N) is 5. The van der Waals surface area contributed by atoms with Gasteiger partial charge in [-0.25, -0.2) is 13.4 Å². The molecule has 0 aliphatic carbocycles. The van der Waals surface area contributed by atoms with Crippen LogP contribution in [0.2, 0.25) is 0 Å². The number of aromatic nitrogens is 2. The molecule has 1 aromatic heterocycles. The van der Waals surface area contributed by atoms with Crippen molar-refractivity contribution in [1.82, 2.24) is 19.2 Å². The molecule has 0 amide bonds. The van der Waals surface area contributed by atoms with E-state index in [0.717, 1.165) is 63.2 Å². The molecule has 3 aliphatic rings. The summed E-state index contributed by atoms with van der Waals surface area (Å²) in [7, 11) is -3.47. The van der Waals surface area contributed by atoms with E-state index in [0.29, 0.717) is 23.9 Å². The maximum Gasteiger partial charge on any atom is 0.243 e. The van der Waals surface area contributed by atoms with Gasteiger partial charge in [-0.05, 0) is 75.8 Å². The quantitative estimate of drug-likeness (QED) is 0.629. The van der Waals surface area contributed by atoms with Crippen LogP contribution < -0.4 is 10.2 Å². The summed E-state index contributed by atoms with van der Waals surface area (Å²) in [5.41, 5.74) is 0.969. The van der Waals surface area contributed by atoms with E-state index in [9.17, 15) is 8.42 Å². The number of likely N-dealkylation sites (tertiary alicyclic amines) is 1. The predicted molar refractivity (Wildman–Crippen MR) is 144 cm³/mol. The summed E-state index contributed by atoms with van der Waals surface area (Å²) < 4.78 is 28.4. The third-order valence-electron chi connectivity index (χ3n) is 7.86. The first-order chi connectivity index (χ1) is 17.5. The van der Waals surface area contributed by atoms with Crippen LogP contribution >= 0.6 is 0 Å². The van der Waals surface area contributed by atoms with Gasteiger partial charge < -0.3 is 10.2 Å². The fraction of sp³-hybridized carbons (Fsp3) is 0.630. The van der Waals surface area contributed by atoms with Crippen molar-refractivity contribution >= 4 is 21.8 Å². The Kier molecular flexibility index (Phi) is 8.08. The number of piperidine rings is 2. The average molecular weight is 513 g/mol. The monoisotopic (exact) mass is 512 g/mol. The Bertz CT molecular complexity index is 1120. The summed E-state index contributed by atoms with van der Waals surface area (Å²) in [5, 5.41) is 3.60. The smallest absolute Gasteiger partial charge is 0.243 e. The predicted octanol–water partition coefficient (Wildman–Crippen LogP) is 3.90. The third-order valence-corrected chi connectivity index (χ3v) is 9.72. The van der Waals surface area contributed by atoms with Gasteiger partial charge in [0.2, 0.25) is 16.0 Å². The van der Waals surface area contributed by atoms with Crippen molar-refractivity contribution < 1.29 is 8.42 Å². The molecule has 8 nitrogen and oxygen atoms in total. The summed E-state index contributed by atoms with van der Waals surface area (Å²) >= 11 is 0. The topological polar surface area (TPSA) is 81.7 Å². The molecule has 1 aromatic carbocycles. The fourth-order valence-corrected chi connectivity index (χ4v) is 7.52. The summed E-state index contributed by atoms with van der Waals surface area (Å²) in [6.07, 6.45) is 11.0. The first kappa shape index (κ1) is 25.4. The normalized spacial score (nSPS) is 24.9. The zero-order chi connectivity index (χ0) is 25.0. The van der Waals surface area contributed by atoms with E-state index in [4.69, 9.17) is 4.98 Å². The second kappa shape index (κ2) is 11.4. The lowest BCUT2D eigenvalue weighted by molar-refractivity contribution is 0.108. The molecule has 0 saturated carbocycles. The lowest BCUT2D eigenvalue weighted by atomic mass is 9.99. The molecule has 2 aromatic rings. The zero-order valence-corrected chi connectivity index (χ0v) is 22.3. The molecule has 3 saturated heterocycles. The third kappa shape index (κ3) is 6.01. The van der Waals surface area contributed by atoms with Gasteiger partial charge in [-0.3, -0.25) is 4.90 Å². The van der Waals surface area contributed by atoms with Crippen LogP contribution in [0, 0.1) is 6.92 Å². The van der Waals surface area contributed by atoms with Crippen molar-refractivity contribution in [3.8, 4) is 0 Å². The minimum absolute atomic E-state index is 0.243. The molecule has 5 rings (SSSR count). The van der Waals surface area contributed by atoms with Gasteiger partial charge in [-0.1, -0.05) is 25.0 Å². The Morgan fingerprint density at radius 1 is 0.917 bits per heavy atom. The summed E-state index contributed by atoms with van der Waals surface area (Å²) in [4.78, 5) is 14.6. The van der Waals surface area contributed by atoms with Crippen LogP contribution in [0.1, 0.15) is 56.9 Å². The number of hydrogen-bond donors (Lipinski definition) is 1. The first-order valence-corrected chi connectivity index (χ1v) is 15.1. The standard InChI is InChI=1S/C27H40N6O2S/c1-22-9-6-12-25(19-22)36(34,35)33-18-8-11-24(21-33)32-17-7-10-23(20-32)29-27-28-14-13-26(30-27)31-15-4-2-3-5-16-31/h6,9,12-14,19,23-24H,2-5,7-8,10-11,15-18,20-21H2,1H3,(H,28,29,30). The molecule has 9 heteroatoms. The minimum Gasteiger partial charge on any atom is -0.356 e. The van der Waals surface area contributed by atoms with Gasteiger partial charge >= 0.3 is 0 Å². The highest BCUT2D eigenvalue weighted by Crippen LogP contribution is 2.26. The van der Waals surface area contributed by atoms with E-state index < -0.39 is 10.0 Å². The number of benzene rings is 1. The Morgan fingerprint density at radius 2 is 1.72 bits per heavy atom. The molecule has 1 N–H and O–H groups in total. The van der Waals surface area contributed by atoms with Gasteiger partial charge in [0.1, 0.15) is 5.82 Å². The molecule has 2 atom stereocenters. The van der Waals surface area contributed by atoms with Crippen LogP contribution in [0.25, 0.3) is 0 Å². The lowest BCUT2D eigenvalue weighted by Gasteiger charge is -2.42. The Labute approximate surface area is 216 Å². The molecule has 0 spiro atoms. The van der Waals surface area contributed by atoms with Crippen molar-refractivity contribution in [1.29, 1.82) is 0 Å². The van der Waals surface area contributed by atoms with E-state index in [1.165, 1.54) is 25.7 Å². The Balaban J connectivity index is 1.22. The van der Waals surface area contributed by atoms with Gasteiger partial charge in [0.25, 0.3) is 0 Å². The first-order valence-electron chi connectivity index (χ1n) is 13.6. The number of aryl methyl sites for hydroxylation is 1. The molecule has 2 unspecified atom stereocenters. The largest absolute Gasteiger partial charge is 0.356 e. The van der Waals surface area contributed by atoms with Gasteiger partial charge in [0.15, 0.2) is 0 Å². The maximum atomic E-state index is 13.3. The van der Waals surface area contributed by atoms with E-state index >= 15 is 0 Å². The van der Waals surface area contributed by atoms with Crippen molar-refractivity contribution in [2.75, 3.05) is 49.5 Å². The van der Waals surface area contributed by atoms with Gasteiger partial charge in [-0.2, -0.15) is 9.29 Å². The highest BCUT2D eigenvalue weighted by molar-refractivity contribution is 7.89. The van der Waals surface area contributed by atoms with Crippen LogP contribution in [0.3, 0.4) is 0 Å². The van der Waals surface area contributed by atoms with E-state index in [2.05, 4.69) is 20.1 Å². The fourth-order valence-electron chi connectivity index (χ4n) is 5.90. The molecule has 196 valence electrons. The highest BCUT2D eigenvalue weighted by Gasteiger charge is 2.34. The highest BCUT2D eigenvalue weighted by atomic mass is 32.2. The molecular weight excluding hydrogens is 472 g/mol. The van der Waals surface area contributed by atoms with E-state index in [1.54, 1.807) is 16.4 Å². The van der Waals surface area contributed by atoms with Crippen LogP contribution in [-0.2, 0) is 10.0 Å². The van der Waals surface area contributed by atoms with Crippen LogP contribution in [0.4, 0.5) is 11.8 Å². The number of hydrogen-bond acceptors (Lipinski definition) is 7. The molecule has 3 aliphatic heterocycles. The molecule has 0 radical (unpaired) electrons. The number of sulfonamides is 1. The second-order valence-electron chi connectivity index (χ2n) is 10.6. The lowest BCUT2D eigenvalue weighted by Crippen LogP contribution is -2.54. The second-order valence-corrected chi connectivity index (χ2v) is 12.5. The Hall–Kier alpha value is -2.23. The van der Waals surface area contributed by atoms with E-state index in [-0.39, 0.29) is 12.1 Å². The van der Waals surface area contributed by atoms with Crippen molar-refractivity contribution in [3.63, 3.8) is 0 Å². The van der Waals surface area contributed by atoms with Gasteiger partial charge in [0.05, 0.1) is 4.90 Å². The number of nitrogens with one attached hydrogen (secondary N) is 1. The number of anilines is 2. The van der Waals surface area contributed by atoms with Crippen molar-refractivity contribution in [2.24, 2.45) is 0 Å². The molecule has 3 fully saturated rings. The molecule has 4 heterocycles. The van der Waals surface area contributed by atoms with Crippen molar-refractivity contribution in [2.45, 2.75) is 75.3 Å². The Morgan fingerprint density at radius 3 is 2.53 bits per heavy atom. The van der Waals surface area contributed by atoms with Crippen LogP contribution in [0.5, 0.6) is 0 Å². The van der Waals surface area contributed by atoms with Crippen LogP contribution in [0.15, 0.2) is 41.4 Å². The average Bonchev–Trinajstić information content (AvgIpc) is 3.19. The molecule has 0 bridgehead atoms. The van der Waals surface area contributed by atoms with Gasteiger partial charge in [-0.15, -0.1) is 0 Å². The SMILES string of the molecule is Cc1cccc(S(=O)(=O)N2CCCC(N3CCCC(Nc4nccc(N5CCCCCC5)n4)C3)C2)c1. The summed E-state index contributed by atoms with van der Waals surface area (Å²) in [6, 6.07) is 9.79. The summed E-state index contributed by atoms with van der Waals surface area (Å²) in [5.74, 6) is 1.72.